The van der Waals surface area contributed by atoms with Crippen LogP contribution in [0.4, 0.5) is 9.59 Å². The van der Waals surface area contributed by atoms with Crippen molar-refractivity contribution in [3.05, 3.63) is 24.3 Å². The third kappa shape index (κ3) is 15.5. The lowest BCUT2D eigenvalue weighted by atomic mass is 9.62. The van der Waals surface area contributed by atoms with Crippen LogP contribution in [0, 0.1) is 10.8 Å². The van der Waals surface area contributed by atoms with Gasteiger partial charge in [0.25, 0.3) is 0 Å². The van der Waals surface area contributed by atoms with Gasteiger partial charge in [-0.25, -0.2) is 19.2 Å². The number of hydrogen-bond donors (Lipinski definition) is 2. The van der Waals surface area contributed by atoms with Gasteiger partial charge in [0.15, 0.2) is 0 Å². The number of ether oxygens (including phenoxy) is 6. The Morgan fingerprint density at radius 3 is 1.62 bits per heavy atom. The molecule has 0 aromatic heterocycles. The summed E-state index contributed by atoms with van der Waals surface area (Å²) in [5.41, 5.74) is 0.294. The van der Waals surface area contributed by atoms with Crippen molar-refractivity contribution < 1.29 is 47.6 Å². The second kappa shape index (κ2) is 17.5. The SMILES string of the molecule is C=C(C)C(=O)OCCOCCOC(=O)NCC1(C)CC(NC(=O)OCCOCCOC(=O)C(=C)C)CC(C)(C)C1. The second-order valence-corrected chi connectivity index (χ2v) is 11.1. The molecule has 0 spiro atoms. The molecule has 12 heteroatoms. The van der Waals surface area contributed by atoms with Crippen molar-refractivity contribution in [3.8, 4) is 0 Å². The number of amides is 2. The van der Waals surface area contributed by atoms with Crippen molar-refractivity contribution in [2.24, 2.45) is 10.8 Å². The first-order valence-corrected chi connectivity index (χ1v) is 13.4. The number of carbonyl (C=O) groups excluding carboxylic acids is 4. The summed E-state index contributed by atoms with van der Waals surface area (Å²) in [7, 11) is 0. The molecule has 1 aliphatic carbocycles. The molecule has 228 valence electrons. The predicted molar refractivity (Wildman–Crippen MR) is 147 cm³/mol. The lowest BCUT2D eigenvalue weighted by molar-refractivity contribution is -0.141. The van der Waals surface area contributed by atoms with Gasteiger partial charge in [0.1, 0.15) is 26.4 Å². The van der Waals surface area contributed by atoms with Gasteiger partial charge in [-0.1, -0.05) is 33.9 Å². The normalized spacial score (nSPS) is 19.6. The van der Waals surface area contributed by atoms with Crippen LogP contribution in [-0.4, -0.2) is 89.6 Å². The minimum atomic E-state index is -0.555. The molecule has 0 bridgehead atoms. The smallest absolute Gasteiger partial charge is 0.407 e. The van der Waals surface area contributed by atoms with Gasteiger partial charge >= 0.3 is 24.1 Å². The van der Waals surface area contributed by atoms with E-state index < -0.39 is 24.1 Å². The fraction of sp³-hybridized carbons (Fsp3) is 0.714. The molecule has 1 rings (SSSR count). The molecule has 2 atom stereocenters. The maximum atomic E-state index is 12.3. The first-order valence-electron chi connectivity index (χ1n) is 13.4. The maximum absolute atomic E-state index is 12.3. The quantitative estimate of drug-likeness (QED) is 0.115. The van der Waals surface area contributed by atoms with Crippen LogP contribution in [-0.2, 0) is 38.0 Å². The Morgan fingerprint density at radius 2 is 1.15 bits per heavy atom. The molecule has 2 amide bonds. The molecule has 40 heavy (non-hydrogen) atoms. The zero-order valence-electron chi connectivity index (χ0n) is 24.6. The van der Waals surface area contributed by atoms with Crippen LogP contribution in [0.25, 0.3) is 0 Å². The Morgan fingerprint density at radius 1 is 0.700 bits per heavy atom. The third-order valence-electron chi connectivity index (χ3n) is 5.97. The van der Waals surface area contributed by atoms with Gasteiger partial charge in [0, 0.05) is 23.7 Å². The highest BCUT2D eigenvalue weighted by molar-refractivity contribution is 5.87. The van der Waals surface area contributed by atoms with Gasteiger partial charge in [0.05, 0.1) is 26.4 Å². The van der Waals surface area contributed by atoms with Crippen molar-refractivity contribution in [2.45, 2.75) is 59.9 Å². The van der Waals surface area contributed by atoms with Gasteiger partial charge in [-0.15, -0.1) is 0 Å². The molecule has 0 aromatic rings. The summed E-state index contributed by atoms with van der Waals surface area (Å²) in [6.07, 6.45) is 1.18. The minimum Gasteiger partial charge on any atom is -0.460 e. The van der Waals surface area contributed by atoms with Gasteiger partial charge in [0.2, 0.25) is 0 Å². The van der Waals surface area contributed by atoms with Gasteiger partial charge < -0.3 is 39.1 Å². The number of alkyl carbamates (subject to hydrolysis) is 2. The first kappa shape index (κ1) is 34.9. The molecule has 0 aromatic carbocycles. The predicted octanol–water partition coefficient (Wildman–Crippen LogP) is 3.30. The average Bonchev–Trinajstić information content (AvgIpc) is 2.84. The standard InChI is InChI=1S/C28H46N2O10/c1-20(2)23(31)37-12-8-35-10-14-39-25(33)29-19-28(7)17-22(16-27(5,6)18-28)30-26(34)40-15-11-36-9-13-38-24(32)21(3)4/h22H,1,3,8-19H2,2,4-7H3,(H,29,33)(H,30,34). The van der Waals surface area contributed by atoms with Crippen molar-refractivity contribution in [1.29, 1.82) is 0 Å². The highest BCUT2D eigenvalue weighted by atomic mass is 16.6. The van der Waals surface area contributed by atoms with E-state index in [1.54, 1.807) is 13.8 Å². The van der Waals surface area contributed by atoms with Crippen LogP contribution < -0.4 is 10.6 Å². The lowest BCUT2D eigenvalue weighted by Gasteiger charge is -2.46. The summed E-state index contributed by atoms with van der Waals surface area (Å²) < 4.78 is 30.8. The number of nitrogens with one attached hydrogen (secondary N) is 2. The Bertz CT molecular complexity index is 888. The number of hydrogen-bond acceptors (Lipinski definition) is 10. The van der Waals surface area contributed by atoms with E-state index in [4.69, 9.17) is 28.4 Å². The maximum Gasteiger partial charge on any atom is 0.407 e. The molecule has 2 unspecified atom stereocenters. The Balaban J connectivity index is 2.29. The van der Waals surface area contributed by atoms with E-state index in [0.717, 1.165) is 12.8 Å². The zero-order valence-corrected chi connectivity index (χ0v) is 24.6. The lowest BCUT2D eigenvalue weighted by Crippen LogP contribution is -2.50. The average molecular weight is 571 g/mol. The van der Waals surface area contributed by atoms with Crippen LogP contribution >= 0.6 is 0 Å². The summed E-state index contributed by atoms with van der Waals surface area (Å²) in [5.74, 6) is -0.953. The summed E-state index contributed by atoms with van der Waals surface area (Å²) in [6.45, 7) is 17.8. The van der Waals surface area contributed by atoms with Gasteiger partial charge in [-0.3, -0.25) is 0 Å². The van der Waals surface area contributed by atoms with E-state index in [1.807, 2.05) is 0 Å². The van der Waals surface area contributed by atoms with E-state index in [1.165, 1.54) is 0 Å². The molecule has 1 fully saturated rings. The summed E-state index contributed by atoms with van der Waals surface area (Å²) in [5, 5.41) is 5.74. The number of esters is 2. The topological polar surface area (TPSA) is 148 Å². The van der Waals surface area contributed by atoms with Crippen LogP contribution in [0.5, 0.6) is 0 Å². The molecule has 1 saturated carbocycles. The van der Waals surface area contributed by atoms with Gasteiger partial charge in [-0.2, -0.15) is 0 Å². The van der Waals surface area contributed by atoms with Crippen LogP contribution in [0.15, 0.2) is 24.3 Å². The Hall–Kier alpha value is -3.12. The van der Waals surface area contributed by atoms with Gasteiger partial charge in [-0.05, 0) is 43.9 Å². The molecule has 12 nitrogen and oxygen atoms in total. The second-order valence-electron chi connectivity index (χ2n) is 11.1. The Kier molecular flexibility index (Phi) is 15.3. The molecule has 0 saturated heterocycles. The monoisotopic (exact) mass is 570 g/mol. The number of rotatable bonds is 17. The highest BCUT2D eigenvalue weighted by Gasteiger charge is 2.42. The largest absolute Gasteiger partial charge is 0.460 e. The third-order valence-corrected chi connectivity index (χ3v) is 5.97. The van der Waals surface area contributed by atoms with E-state index in [-0.39, 0.29) is 69.7 Å². The van der Waals surface area contributed by atoms with Crippen LogP contribution in [0.2, 0.25) is 0 Å². The summed E-state index contributed by atoms with van der Waals surface area (Å²) >= 11 is 0. The Labute approximate surface area is 237 Å². The van der Waals surface area contributed by atoms with Crippen molar-refractivity contribution in [1.82, 2.24) is 10.6 Å². The molecule has 0 aliphatic heterocycles. The molecule has 1 aliphatic rings. The number of carbonyl (C=O) groups is 4. The fourth-order valence-electron chi connectivity index (χ4n) is 4.64. The van der Waals surface area contributed by atoms with E-state index in [2.05, 4.69) is 44.6 Å². The minimum absolute atomic E-state index is 0.0574. The van der Waals surface area contributed by atoms with E-state index in [0.29, 0.717) is 24.1 Å². The summed E-state index contributed by atoms with van der Waals surface area (Å²) in [6, 6.07) is -0.131. The van der Waals surface area contributed by atoms with Crippen molar-refractivity contribution in [2.75, 3.05) is 59.4 Å². The molecule has 0 radical (unpaired) electrons. The molecular formula is C28H46N2O10. The molecule has 0 heterocycles. The molecular weight excluding hydrogens is 524 g/mol. The van der Waals surface area contributed by atoms with Crippen molar-refractivity contribution in [3.63, 3.8) is 0 Å². The highest BCUT2D eigenvalue weighted by Crippen LogP contribution is 2.45. The van der Waals surface area contributed by atoms with E-state index in [9.17, 15) is 19.2 Å². The van der Waals surface area contributed by atoms with Crippen molar-refractivity contribution >= 4 is 24.1 Å². The molecule has 2 N–H and O–H groups in total. The zero-order chi connectivity index (χ0) is 30.2. The fourth-order valence-corrected chi connectivity index (χ4v) is 4.64. The summed E-state index contributed by atoms with van der Waals surface area (Å²) in [4.78, 5) is 47.1. The first-order chi connectivity index (χ1) is 18.7. The van der Waals surface area contributed by atoms with Crippen LogP contribution in [0.1, 0.15) is 53.9 Å². The van der Waals surface area contributed by atoms with E-state index >= 15 is 0 Å². The van der Waals surface area contributed by atoms with Crippen LogP contribution in [0.3, 0.4) is 0 Å².